The molecule has 0 aliphatic heterocycles. The molecule has 0 unspecified atom stereocenters. The second kappa shape index (κ2) is 8.75. The van der Waals surface area contributed by atoms with Crippen molar-refractivity contribution < 1.29 is 14.3 Å². The number of fused-ring (bicyclic) bond motifs is 1. The summed E-state index contributed by atoms with van der Waals surface area (Å²) in [4.78, 5) is 26.5. The molecule has 2 aromatic carbocycles. The lowest BCUT2D eigenvalue weighted by atomic mass is 9.70. The SMILES string of the molecule is CCOC(=O)c1c(NC(=O)c2ccccc2)sc2c1CC[C@@](C#N)(c1ccccc1)C2. The van der Waals surface area contributed by atoms with Crippen LogP contribution in [0.15, 0.2) is 60.7 Å². The minimum atomic E-state index is -0.647. The first-order valence-electron chi connectivity index (χ1n) is 10.2. The zero-order chi connectivity index (χ0) is 21.8. The van der Waals surface area contributed by atoms with E-state index in [9.17, 15) is 14.9 Å². The lowest BCUT2D eigenvalue weighted by molar-refractivity contribution is 0.0526. The van der Waals surface area contributed by atoms with Crippen molar-refractivity contribution in [3.8, 4) is 6.07 Å². The minimum absolute atomic E-state index is 0.252. The zero-order valence-corrected chi connectivity index (χ0v) is 18.0. The summed E-state index contributed by atoms with van der Waals surface area (Å²) in [5, 5.41) is 13.5. The van der Waals surface area contributed by atoms with Gasteiger partial charge < -0.3 is 10.1 Å². The summed E-state index contributed by atoms with van der Waals surface area (Å²) in [5.74, 6) is -0.716. The van der Waals surface area contributed by atoms with Crippen LogP contribution < -0.4 is 5.32 Å². The number of nitrogens with one attached hydrogen (secondary N) is 1. The van der Waals surface area contributed by atoms with Crippen molar-refractivity contribution in [2.45, 2.75) is 31.6 Å². The Morgan fingerprint density at radius 3 is 2.45 bits per heavy atom. The third kappa shape index (κ3) is 3.97. The Bertz CT molecular complexity index is 1150. The zero-order valence-electron chi connectivity index (χ0n) is 17.2. The molecule has 1 N–H and O–H groups in total. The topological polar surface area (TPSA) is 79.2 Å². The van der Waals surface area contributed by atoms with Gasteiger partial charge in [0, 0.05) is 16.9 Å². The average molecular weight is 431 g/mol. The molecule has 1 amide bonds. The van der Waals surface area contributed by atoms with Crippen LogP contribution in [-0.2, 0) is 23.0 Å². The largest absolute Gasteiger partial charge is 0.462 e. The fourth-order valence-electron chi connectivity index (χ4n) is 4.06. The summed E-state index contributed by atoms with van der Waals surface area (Å²) < 4.78 is 5.29. The smallest absolute Gasteiger partial charge is 0.341 e. The number of rotatable bonds is 5. The van der Waals surface area contributed by atoms with Gasteiger partial charge in [0.15, 0.2) is 0 Å². The van der Waals surface area contributed by atoms with Gasteiger partial charge in [0.2, 0.25) is 0 Å². The van der Waals surface area contributed by atoms with Crippen molar-refractivity contribution in [3.05, 3.63) is 87.8 Å². The first-order valence-corrected chi connectivity index (χ1v) is 11.0. The number of hydrogen-bond donors (Lipinski definition) is 1. The molecule has 1 heterocycles. The van der Waals surface area contributed by atoms with E-state index in [1.165, 1.54) is 11.3 Å². The molecule has 5 nitrogen and oxygen atoms in total. The monoisotopic (exact) mass is 430 g/mol. The number of thiophene rings is 1. The molecule has 1 aliphatic carbocycles. The highest BCUT2D eigenvalue weighted by molar-refractivity contribution is 7.17. The fourth-order valence-corrected chi connectivity index (χ4v) is 5.40. The molecule has 156 valence electrons. The van der Waals surface area contributed by atoms with E-state index >= 15 is 0 Å². The number of carbonyl (C=O) groups is 2. The van der Waals surface area contributed by atoms with Gasteiger partial charge in [-0.05, 0) is 43.0 Å². The van der Waals surface area contributed by atoms with Gasteiger partial charge in [-0.15, -0.1) is 11.3 Å². The molecule has 6 heteroatoms. The van der Waals surface area contributed by atoms with E-state index in [0.717, 1.165) is 16.0 Å². The third-order valence-corrected chi connectivity index (χ3v) is 6.79. The van der Waals surface area contributed by atoms with E-state index in [-0.39, 0.29) is 12.5 Å². The molecule has 1 aliphatic rings. The summed E-state index contributed by atoms with van der Waals surface area (Å²) in [6.07, 6.45) is 1.68. The number of hydrogen-bond acceptors (Lipinski definition) is 5. The van der Waals surface area contributed by atoms with Gasteiger partial charge in [-0.25, -0.2) is 4.79 Å². The standard InChI is InChI=1S/C25H22N2O3S/c1-2-30-24(29)21-19-13-14-25(16-26,18-11-7-4-8-12-18)15-20(19)31-23(21)27-22(28)17-9-5-3-6-10-17/h3-12H,2,13-15H2,1H3,(H,27,28)/t25-/m1/s1. The van der Waals surface area contributed by atoms with E-state index in [1.807, 2.05) is 36.4 Å². The number of benzene rings is 2. The molecule has 0 bridgehead atoms. The summed E-state index contributed by atoms with van der Waals surface area (Å²) in [6.45, 7) is 2.01. The Hall–Kier alpha value is -3.43. The van der Waals surface area contributed by atoms with Crippen LogP contribution in [0.4, 0.5) is 5.00 Å². The number of anilines is 1. The fraction of sp³-hybridized carbons (Fsp3) is 0.240. The number of amides is 1. The van der Waals surface area contributed by atoms with Crippen LogP contribution in [-0.4, -0.2) is 18.5 Å². The highest BCUT2D eigenvalue weighted by Crippen LogP contribution is 2.45. The molecule has 0 radical (unpaired) electrons. The summed E-state index contributed by atoms with van der Waals surface area (Å²) in [6, 6.07) is 21.2. The van der Waals surface area contributed by atoms with Gasteiger partial charge in [-0.1, -0.05) is 48.5 Å². The van der Waals surface area contributed by atoms with Crippen molar-refractivity contribution in [1.82, 2.24) is 0 Å². The van der Waals surface area contributed by atoms with Crippen LogP contribution in [0, 0.1) is 11.3 Å². The van der Waals surface area contributed by atoms with E-state index < -0.39 is 11.4 Å². The van der Waals surface area contributed by atoms with Gasteiger partial charge in [-0.3, -0.25) is 4.79 Å². The summed E-state index contributed by atoms with van der Waals surface area (Å²) in [5.41, 5.74) is 2.15. The lowest BCUT2D eigenvalue weighted by Gasteiger charge is -2.31. The quantitative estimate of drug-likeness (QED) is 0.569. The molecule has 1 aromatic heterocycles. The van der Waals surface area contributed by atoms with Crippen LogP contribution in [0.2, 0.25) is 0 Å². The molecule has 0 fully saturated rings. The summed E-state index contributed by atoms with van der Waals surface area (Å²) in [7, 11) is 0. The van der Waals surface area contributed by atoms with Crippen molar-refractivity contribution in [1.29, 1.82) is 5.26 Å². The molecule has 4 rings (SSSR count). The number of carbonyl (C=O) groups excluding carboxylic acids is 2. The Morgan fingerprint density at radius 1 is 1.13 bits per heavy atom. The van der Waals surface area contributed by atoms with Crippen molar-refractivity contribution in [2.24, 2.45) is 0 Å². The second-order valence-corrected chi connectivity index (χ2v) is 8.59. The average Bonchev–Trinajstić information content (AvgIpc) is 3.16. The highest BCUT2D eigenvalue weighted by Gasteiger charge is 2.40. The Morgan fingerprint density at radius 2 is 1.81 bits per heavy atom. The van der Waals surface area contributed by atoms with Crippen molar-refractivity contribution >= 4 is 28.2 Å². The highest BCUT2D eigenvalue weighted by atomic mass is 32.1. The molecule has 0 saturated heterocycles. The van der Waals surface area contributed by atoms with Gasteiger partial charge in [0.1, 0.15) is 5.00 Å². The number of nitrogens with zero attached hydrogens (tertiary/aromatic N) is 1. The van der Waals surface area contributed by atoms with Crippen molar-refractivity contribution in [2.75, 3.05) is 11.9 Å². The molecule has 0 saturated carbocycles. The van der Waals surface area contributed by atoms with Gasteiger partial charge in [-0.2, -0.15) is 5.26 Å². The Kier molecular flexibility index (Phi) is 5.88. The predicted octanol–water partition coefficient (Wildman–Crippen LogP) is 5.13. The normalized spacial score (nSPS) is 17.3. The molecule has 1 atom stereocenters. The van der Waals surface area contributed by atoms with Crippen LogP contribution >= 0.6 is 11.3 Å². The van der Waals surface area contributed by atoms with Gasteiger partial charge >= 0.3 is 5.97 Å². The van der Waals surface area contributed by atoms with Gasteiger partial charge in [0.25, 0.3) is 5.91 Å². The van der Waals surface area contributed by atoms with Crippen LogP contribution in [0.5, 0.6) is 0 Å². The maximum absolute atomic E-state index is 12.8. The molecular formula is C25H22N2O3S. The Balaban J connectivity index is 1.73. The van der Waals surface area contributed by atoms with E-state index in [4.69, 9.17) is 4.74 Å². The predicted molar refractivity (Wildman–Crippen MR) is 120 cm³/mol. The van der Waals surface area contributed by atoms with Crippen molar-refractivity contribution in [3.63, 3.8) is 0 Å². The number of ether oxygens (including phenoxy) is 1. The summed E-state index contributed by atoms with van der Waals surface area (Å²) >= 11 is 1.37. The van der Waals surface area contributed by atoms with Crippen LogP contribution in [0.3, 0.4) is 0 Å². The number of nitriles is 1. The van der Waals surface area contributed by atoms with E-state index in [1.54, 1.807) is 31.2 Å². The van der Waals surface area contributed by atoms with Crippen LogP contribution in [0.25, 0.3) is 0 Å². The minimum Gasteiger partial charge on any atom is -0.462 e. The van der Waals surface area contributed by atoms with Crippen LogP contribution in [0.1, 0.15) is 50.1 Å². The van der Waals surface area contributed by atoms with E-state index in [2.05, 4.69) is 11.4 Å². The maximum atomic E-state index is 12.8. The molecular weight excluding hydrogens is 408 g/mol. The second-order valence-electron chi connectivity index (χ2n) is 7.49. The maximum Gasteiger partial charge on any atom is 0.341 e. The van der Waals surface area contributed by atoms with E-state index in [0.29, 0.717) is 35.4 Å². The van der Waals surface area contributed by atoms with Gasteiger partial charge in [0.05, 0.1) is 23.7 Å². The first-order chi connectivity index (χ1) is 15.1. The lowest BCUT2D eigenvalue weighted by Crippen LogP contribution is -2.31. The molecule has 3 aromatic rings. The Labute approximate surface area is 185 Å². The number of esters is 1. The third-order valence-electron chi connectivity index (χ3n) is 5.64. The first kappa shape index (κ1) is 20.8. The molecule has 0 spiro atoms. The molecule has 31 heavy (non-hydrogen) atoms.